The Morgan fingerprint density at radius 2 is 1.96 bits per heavy atom. The summed E-state index contributed by atoms with van der Waals surface area (Å²) in [6.45, 7) is 0. The van der Waals surface area contributed by atoms with Gasteiger partial charge in [0.25, 0.3) is 17.5 Å². The van der Waals surface area contributed by atoms with Crippen LogP contribution in [0.1, 0.15) is 15.9 Å². The molecule has 1 heterocycles. The molecule has 7 nitrogen and oxygen atoms in total. The van der Waals surface area contributed by atoms with Crippen LogP contribution in [0.4, 0.5) is 5.69 Å². The maximum atomic E-state index is 12.5. The number of non-ortho nitro benzene ring substituents is 1. The van der Waals surface area contributed by atoms with Crippen molar-refractivity contribution in [2.45, 2.75) is 0 Å². The average Bonchev–Trinajstić information content (AvgIpc) is 2.90. The number of hydrogen-bond donors (Lipinski definition) is 1. The third-order valence-electron chi connectivity index (χ3n) is 3.49. The van der Waals surface area contributed by atoms with Crippen molar-refractivity contribution in [1.82, 2.24) is 10.4 Å². The summed E-state index contributed by atoms with van der Waals surface area (Å²) in [5.74, 6) is -1.03. The zero-order valence-electron chi connectivity index (χ0n) is 13.4. The Hall–Kier alpha value is -2.75. The third-order valence-corrected chi connectivity index (χ3v) is 5.05. The van der Waals surface area contributed by atoms with Crippen LogP contribution in [-0.2, 0) is 4.79 Å². The monoisotopic (exact) mass is 419 g/mol. The topological polar surface area (TPSA) is 92.6 Å². The largest absolute Gasteiger partial charge is 0.285 e. The van der Waals surface area contributed by atoms with Crippen LogP contribution >= 0.6 is 35.6 Å². The maximum absolute atomic E-state index is 12.5. The normalized spacial score (nSPS) is 15.3. The van der Waals surface area contributed by atoms with Gasteiger partial charge in [-0.3, -0.25) is 25.1 Å². The number of hydrazine groups is 1. The summed E-state index contributed by atoms with van der Waals surface area (Å²) in [6, 6.07) is 12.0. The van der Waals surface area contributed by atoms with Gasteiger partial charge in [0.2, 0.25) is 0 Å². The molecule has 2 amide bonds. The Bertz CT molecular complexity index is 992. The molecule has 0 aromatic heterocycles. The summed E-state index contributed by atoms with van der Waals surface area (Å²) in [4.78, 5) is 35.4. The van der Waals surface area contributed by atoms with Gasteiger partial charge in [-0.15, -0.1) is 0 Å². The standard InChI is InChI=1S/C17H10ClN3O4S2/c18-12-6-4-11(5-7-12)15(22)19-20-16(23)14(27-17(20)26)9-10-2-1-3-13(8-10)21(24)25/h1-9H,(H,19,22)/b14-9-. The van der Waals surface area contributed by atoms with Crippen molar-refractivity contribution in [2.75, 3.05) is 0 Å². The number of hydrogen-bond acceptors (Lipinski definition) is 6. The predicted molar refractivity (Wildman–Crippen MR) is 107 cm³/mol. The summed E-state index contributed by atoms with van der Waals surface area (Å²) in [7, 11) is 0. The Kier molecular flexibility index (Phi) is 5.54. The van der Waals surface area contributed by atoms with Crippen molar-refractivity contribution in [3.8, 4) is 0 Å². The van der Waals surface area contributed by atoms with Gasteiger partial charge in [-0.05, 0) is 48.1 Å². The molecule has 1 N–H and O–H groups in total. The highest BCUT2D eigenvalue weighted by Gasteiger charge is 2.33. The van der Waals surface area contributed by atoms with Crippen molar-refractivity contribution in [3.05, 3.63) is 79.7 Å². The minimum atomic E-state index is -0.519. The Morgan fingerprint density at radius 3 is 2.63 bits per heavy atom. The van der Waals surface area contributed by atoms with E-state index in [1.807, 2.05) is 0 Å². The minimum absolute atomic E-state index is 0.0877. The smallest absolute Gasteiger partial charge is 0.267 e. The number of rotatable bonds is 4. The second kappa shape index (κ2) is 7.87. The van der Waals surface area contributed by atoms with Crippen LogP contribution in [0.15, 0.2) is 53.4 Å². The molecular formula is C17H10ClN3O4S2. The van der Waals surface area contributed by atoms with E-state index in [2.05, 4.69) is 5.43 Å². The molecule has 10 heteroatoms. The van der Waals surface area contributed by atoms with Crippen LogP contribution in [0.3, 0.4) is 0 Å². The number of nitro benzene ring substituents is 1. The number of nitro groups is 1. The van der Waals surface area contributed by atoms with E-state index in [0.717, 1.165) is 16.8 Å². The predicted octanol–water partition coefficient (Wildman–Crippen LogP) is 3.79. The summed E-state index contributed by atoms with van der Waals surface area (Å²) in [5.41, 5.74) is 3.16. The Morgan fingerprint density at radius 1 is 1.26 bits per heavy atom. The Labute approximate surface area is 168 Å². The summed E-state index contributed by atoms with van der Waals surface area (Å²) >= 11 is 11.9. The highest BCUT2D eigenvalue weighted by molar-refractivity contribution is 8.26. The quantitative estimate of drug-likeness (QED) is 0.351. The minimum Gasteiger partial charge on any atom is -0.267 e. The number of thioether (sulfide) groups is 1. The molecule has 0 aliphatic carbocycles. The molecule has 0 atom stereocenters. The van der Waals surface area contributed by atoms with Crippen LogP contribution in [0.2, 0.25) is 5.02 Å². The number of benzene rings is 2. The van der Waals surface area contributed by atoms with E-state index in [-0.39, 0.29) is 14.9 Å². The lowest BCUT2D eigenvalue weighted by Gasteiger charge is -2.15. The highest BCUT2D eigenvalue weighted by Crippen LogP contribution is 2.32. The molecule has 2 aromatic rings. The molecule has 2 aromatic carbocycles. The van der Waals surface area contributed by atoms with Gasteiger partial charge in [-0.2, -0.15) is 5.01 Å². The van der Waals surface area contributed by atoms with Gasteiger partial charge in [0.05, 0.1) is 9.83 Å². The van der Waals surface area contributed by atoms with E-state index in [9.17, 15) is 19.7 Å². The van der Waals surface area contributed by atoms with E-state index >= 15 is 0 Å². The molecule has 27 heavy (non-hydrogen) atoms. The second-order valence-corrected chi connectivity index (χ2v) is 7.43. The fourth-order valence-electron chi connectivity index (χ4n) is 2.21. The molecule has 1 saturated heterocycles. The van der Waals surface area contributed by atoms with Gasteiger partial charge in [-0.1, -0.05) is 35.5 Å². The molecule has 3 rings (SSSR count). The van der Waals surface area contributed by atoms with Gasteiger partial charge in [0, 0.05) is 22.7 Å². The molecule has 0 bridgehead atoms. The van der Waals surface area contributed by atoms with Gasteiger partial charge in [0.15, 0.2) is 4.32 Å². The fourth-order valence-corrected chi connectivity index (χ4v) is 3.52. The lowest BCUT2D eigenvalue weighted by atomic mass is 10.2. The first-order valence-corrected chi connectivity index (χ1v) is 9.04. The maximum Gasteiger partial charge on any atom is 0.285 e. The molecule has 1 aliphatic heterocycles. The third kappa shape index (κ3) is 4.33. The van der Waals surface area contributed by atoms with E-state index in [1.54, 1.807) is 18.2 Å². The van der Waals surface area contributed by atoms with Crippen LogP contribution in [0.25, 0.3) is 6.08 Å². The van der Waals surface area contributed by atoms with Crippen LogP contribution in [0.5, 0.6) is 0 Å². The molecule has 1 fully saturated rings. The molecule has 0 unspecified atom stereocenters. The van der Waals surface area contributed by atoms with Gasteiger partial charge >= 0.3 is 0 Å². The molecule has 0 saturated carbocycles. The first-order chi connectivity index (χ1) is 12.8. The lowest BCUT2D eigenvalue weighted by Crippen LogP contribution is -2.44. The van der Waals surface area contributed by atoms with Crippen LogP contribution in [0, 0.1) is 10.1 Å². The Balaban J connectivity index is 1.78. The molecule has 1 aliphatic rings. The number of carbonyl (C=O) groups excluding carboxylic acids is 2. The second-order valence-electron chi connectivity index (χ2n) is 5.32. The van der Waals surface area contributed by atoms with E-state index in [4.69, 9.17) is 23.8 Å². The van der Waals surface area contributed by atoms with Crippen molar-refractivity contribution in [2.24, 2.45) is 0 Å². The van der Waals surface area contributed by atoms with Crippen molar-refractivity contribution in [3.63, 3.8) is 0 Å². The lowest BCUT2D eigenvalue weighted by molar-refractivity contribution is -0.384. The van der Waals surface area contributed by atoms with Gasteiger partial charge in [0.1, 0.15) is 0 Å². The van der Waals surface area contributed by atoms with E-state index in [1.165, 1.54) is 36.4 Å². The van der Waals surface area contributed by atoms with Crippen molar-refractivity contribution >= 4 is 63.5 Å². The number of thiocarbonyl (C=S) groups is 1. The first-order valence-electron chi connectivity index (χ1n) is 7.44. The van der Waals surface area contributed by atoms with Gasteiger partial charge < -0.3 is 0 Å². The number of carbonyl (C=O) groups is 2. The van der Waals surface area contributed by atoms with E-state index < -0.39 is 16.7 Å². The van der Waals surface area contributed by atoms with Crippen molar-refractivity contribution < 1.29 is 14.5 Å². The number of halogens is 1. The number of nitrogens with zero attached hydrogens (tertiary/aromatic N) is 2. The van der Waals surface area contributed by atoms with Crippen LogP contribution < -0.4 is 5.43 Å². The number of amides is 2. The van der Waals surface area contributed by atoms with Crippen molar-refractivity contribution in [1.29, 1.82) is 0 Å². The molecular weight excluding hydrogens is 410 g/mol. The summed E-state index contributed by atoms with van der Waals surface area (Å²) in [6.07, 6.45) is 1.49. The molecule has 0 spiro atoms. The molecule has 136 valence electrons. The van der Waals surface area contributed by atoms with E-state index in [0.29, 0.717) is 16.1 Å². The number of nitrogens with one attached hydrogen (secondary N) is 1. The van der Waals surface area contributed by atoms with Gasteiger partial charge in [-0.25, -0.2) is 0 Å². The first kappa shape index (κ1) is 19.0. The fraction of sp³-hybridized carbons (Fsp3) is 0. The summed E-state index contributed by atoms with van der Waals surface area (Å²) < 4.78 is 0.152. The zero-order valence-corrected chi connectivity index (χ0v) is 15.8. The van der Waals surface area contributed by atoms with Crippen LogP contribution in [-0.4, -0.2) is 26.1 Å². The highest BCUT2D eigenvalue weighted by atomic mass is 35.5. The average molecular weight is 420 g/mol. The zero-order chi connectivity index (χ0) is 19.6. The molecule has 0 radical (unpaired) electrons. The summed E-state index contributed by atoms with van der Waals surface area (Å²) in [5, 5.41) is 12.3. The SMILES string of the molecule is O=C(NN1C(=O)/C(=C/c2cccc([N+](=O)[O-])c2)SC1=S)c1ccc(Cl)cc1.